The van der Waals surface area contributed by atoms with E-state index in [9.17, 15) is 4.79 Å². The highest BCUT2D eigenvalue weighted by Crippen LogP contribution is 1.84. The van der Waals surface area contributed by atoms with Gasteiger partial charge in [-0.05, 0) is 0 Å². The summed E-state index contributed by atoms with van der Waals surface area (Å²) in [5, 5.41) is 0. The quantitative estimate of drug-likeness (QED) is 0.443. The first-order chi connectivity index (χ1) is 4.84. The SMILES string of the molecule is CN(C=O)C1=NC=CC=[N+]1. The van der Waals surface area contributed by atoms with Gasteiger partial charge in [0.15, 0.2) is 0 Å². The highest BCUT2D eigenvalue weighted by atomic mass is 16.1. The highest BCUT2D eigenvalue weighted by molar-refractivity contribution is 5.95. The Labute approximate surface area is 58.6 Å². The van der Waals surface area contributed by atoms with Gasteiger partial charge in [-0.15, -0.1) is 0 Å². The maximum Gasteiger partial charge on any atom is 0.434 e. The molecular formula is C6H7N3O+. The molecule has 1 amide bonds. The molecular weight excluding hydrogens is 130 g/mol. The van der Waals surface area contributed by atoms with Crippen molar-refractivity contribution in [1.82, 2.24) is 9.89 Å². The van der Waals surface area contributed by atoms with Crippen molar-refractivity contribution in [2.24, 2.45) is 4.99 Å². The molecule has 1 radical (unpaired) electrons. The Bertz CT molecular complexity index is 217. The minimum Gasteiger partial charge on any atom is -0.260 e. The number of carbonyl (C=O) groups excluding carboxylic acids is 1. The monoisotopic (exact) mass is 137 g/mol. The number of amides is 1. The topological polar surface area (TPSA) is 46.8 Å². The van der Waals surface area contributed by atoms with E-state index in [1.165, 1.54) is 4.90 Å². The summed E-state index contributed by atoms with van der Waals surface area (Å²) in [6.45, 7) is 0. The maximum atomic E-state index is 10.2. The minimum atomic E-state index is 0.414. The van der Waals surface area contributed by atoms with Crippen LogP contribution >= 0.6 is 0 Å². The molecule has 0 N–H and O–H groups in total. The van der Waals surface area contributed by atoms with Crippen LogP contribution in [0.3, 0.4) is 0 Å². The van der Waals surface area contributed by atoms with Gasteiger partial charge in [0.1, 0.15) is 12.4 Å². The number of nitrogens with zero attached hydrogens (tertiary/aromatic N) is 3. The third-order valence-electron chi connectivity index (χ3n) is 1.03. The maximum absolute atomic E-state index is 10.2. The average Bonchev–Trinajstić information content (AvgIpc) is 2.05. The normalized spacial score (nSPS) is 14.7. The van der Waals surface area contributed by atoms with Crippen LogP contribution in [-0.4, -0.2) is 30.5 Å². The van der Waals surface area contributed by atoms with E-state index < -0.39 is 0 Å². The smallest absolute Gasteiger partial charge is 0.260 e. The molecule has 0 saturated carbocycles. The molecule has 4 nitrogen and oxygen atoms in total. The van der Waals surface area contributed by atoms with E-state index in [-0.39, 0.29) is 0 Å². The summed E-state index contributed by atoms with van der Waals surface area (Å²) in [6.07, 6.45) is 5.53. The van der Waals surface area contributed by atoms with Crippen LogP contribution in [-0.2, 0) is 4.79 Å². The predicted molar refractivity (Wildman–Crippen MR) is 38.6 cm³/mol. The van der Waals surface area contributed by atoms with Crippen molar-refractivity contribution in [2.45, 2.75) is 0 Å². The van der Waals surface area contributed by atoms with Crippen molar-refractivity contribution >= 4 is 18.6 Å². The Morgan fingerprint density at radius 2 is 2.60 bits per heavy atom. The number of guanidine groups is 1. The van der Waals surface area contributed by atoms with Gasteiger partial charge in [-0.3, -0.25) is 4.79 Å². The van der Waals surface area contributed by atoms with E-state index >= 15 is 0 Å². The molecule has 0 atom stereocenters. The number of rotatable bonds is 1. The van der Waals surface area contributed by atoms with Gasteiger partial charge in [0.25, 0.3) is 6.41 Å². The van der Waals surface area contributed by atoms with E-state index in [0.29, 0.717) is 12.4 Å². The van der Waals surface area contributed by atoms with Gasteiger partial charge in [0, 0.05) is 6.08 Å². The number of aliphatic imine (C=N–C) groups is 2. The first-order valence-electron chi connectivity index (χ1n) is 2.79. The standard InChI is InChI=1S/C6H7N3O/c1-9(5-10)6-7-3-2-4-8-6/h2-5H,1H3/q+1. The molecule has 0 saturated heterocycles. The molecule has 0 spiro atoms. The van der Waals surface area contributed by atoms with Gasteiger partial charge >= 0.3 is 5.96 Å². The lowest BCUT2D eigenvalue weighted by molar-refractivity contribution is -0.114. The number of allylic oxidation sites excluding steroid dienone is 1. The fourth-order valence-electron chi connectivity index (χ4n) is 0.521. The van der Waals surface area contributed by atoms with E-state index in [1.807, 2.05) is 0 Å². The first kappa shape index (κ1) is 6.67. The Morgan fingerprint density at radius 3 is 3.10 bits per heavy atom. The second-order valence-corrected chi connectivity index (χ2v) is 1.77. The first-order valence-corrected chi connectivity index (χ1v) is 2.79. The van der Waals surface area contributed by atoms with Crippen LogP contribution in [0.1, 0.15) is 0 Å². The predicted octanol–water partition coefficient (Wildman–Crippen LogP) is -0.636. The van der Waals surface area contributed by atoms with Gasteiger partial charge in [-0.25, -0.2) is 4.90 Å². The van der Waals surface area contributed by atoms with Gasteiger partial charge in [-0.2, -0.15) is 0 Å². The van der Waals surface area contributed by atoms with Crippen molar-refractivity contribution in [1.29, 1.82) is 0 Å². The molecule has 0 aromatic heterocycles. The molecule has 0 unspecified atom stereocenters. The van der Waals surface area contributed by atoms with Crippen LogP contribution in [0, 0.1) is 0 Å². The zero-order valence-electron chi connectivity index (χ0n) is 5.56. The van der Waals surface area contributed by atoms with Crippen LogP contribution in [0.5, 0.6) is 0 Å². The van der Waals surface area contributed by atoms with Crippen LogP contribution in [0.2, 0.25) is 0 Å². The van der Waals surface area contributed by atoms with Crippen LogP contribution in [0.25, 0.3) is 0 Å². The summed E-state index contributed by atoms with van der Waals surface area (Å²) < 4.78 is 0. The Kier molecular flexibility index (Phi) is 1.94. The zero-order valence-corrected chi connectivity index (χ0v) is 5.56. The number of hydrogen-bond donors (Lipinski definition) is 0. The van der Waals surface area contributed by atoms with Crippen molar-refractivity contribution in [3.05, 3.63) is 12.3 Å². The molecule has 0 aromatic carbocycles. The molecule has 1 aliphatic heterocycles. The lowest BCUT2D eigenvalue weighted by atomic mass is 10.6. The molecule has 0 aromatic rings. The lowest BCUT2D eigenvalue weighted by Crippen LogP contribution is -2.29. The van der Waals surface area contributed by atoms with Gasteiger partial charge < -0.3 is 0 Å². The molecule has 1 rings (SSSR count). The summed E-state index contributed by atoms with van der Waals surface area (Å²) in [4.78, 5) is 19.1. The lowest BCUT2D eigenvalue weighted by Gasteiger charge is -1.97. The summed E-state index contributed by atoms with van der Waals surface area (Å²) in [5.74, 6) is 0.414. The zero-order chi connectivity index (χ0) is 7.40. The van der Waals surface area contributed by atoms with Gasteiger partial charge in [0.05, 0.1) is 7.05 Å². The van der Waals surface area contributed by atoms with E-state index in [0.717, 1.165) is 0 Å². The molecule has 0 aliphatic carbocycles. The third-order valence-corrected chi connectivity index (χ3v) is 1.03. The second kappa shape index (κ2) is 2.91. The largest absolute Gasteiger partial charge is 0.434 e. The molecule has 0 bridgehead atoms. The molecule has 1 aliphatic rings. The fourth-order valence-corrected chi connectivity index (χ4v) is 0.521. The van der Waals surface area contributed by atoms with E-state index in [4.69, 9.17) is 0 Å². The van der Waals surface area contributed by atoms with Crippen molar-refractivity contribution < 1.29 is 4.79 Å². The minimum absolute atomic E-state index is 0.414. The van der Waals surface area contributed by atoms with E-state index in [1.54, 1.807) is 25.5 Å². The van der Waals surface area contributed by atoms with Crippen LogP contribution in [0.15, 0.2) is 17.3 Å². The van der Waals surface area contributed by atoms with E-state index in [2.05, 4.69) is 9.98 Å². The molecule has 10 heavy (non-hydrogen) atoms. The summed E-state index contributed by atoms with van der Waals surface area (Å²) in [7, 11) is 1.60. The Morgan fingerprint density at radius 1 is 1.80 bits per heavy atom. The fraction of sp³-hybridized carbons (Fsp3) is 0.167. The molecule has 0 fully saturated rings. The number of carbonyl (C=O) groups is 1. The third kappa shape index (κ3) is 1.28. The van der Waals surface area contributed by atoms with Crippen LogP contribution in [0.4, 0.5) is 0 Å². The Hall–Kier alpha value is -1.45. The van der Waals surface area contributed by atoms with Gasteiger partial charge in [0.2, 0.25) is 0 Å². The van der Waals surface area contributed by atoms with Crippen LogP contribution < -0.4 is 4.99 Å². The van der Waals surface area contributed by atoms with Crippen molar-refractivity contribution in [3.8, 4) is 0 Å². The average molecular weight is 137 g/mol. The highest BCUT2D eigenvalue weighted by Gasteiger charge is 2.13. The summed E-state index contributed by atoms with van der Waals surface area (Å²) in [6, 6.07) is 0. The van der Waals surface area contributed by atoms with Crippen molar-refractivity contribution in [3.63, 3.8) is 0 Å². The Balaban J connectivity index is 2.73. The molecule has 1 heterocycles. The number of hydrogen-bond acceptors (Lipinski definition) is 3. The van der Waals surface area contributed by atoms with Crippen molar-refractivity contribution in [2.75, 3.05) is 7.05 Å². The summed E-state index contributed by atoms with van der Waals surface area (Å²) in [5.41, 5.74) is 0. The van der Waals surface area contributed by atoms with Gasteiger partial charge in [-0.1, -0.05) is 9.98 Å². The molecule has 51 valence electrons. The second-order valence-electron chi connectivity index (χ2n) is 1.77. The molecule has 4 heteroatoms. The summed E-state index contributed by atoms with van der Waals surface area (Å²) >= 11 is 0.